The summed E-state index contributed by atoms with van der Waals surface area (Å²) in [6, 6.07) is 7.79. The molecule has 2 saturated heterocycles. The maximum Gasteiger partial charge on any atom is 0.245 e. The Morgan fingerprint density at radius 3 is 2.79 bits per heavy atom. The lowest BCUT2D eigenvalue weighted by molar-refractivity contribution is -0.142. The van der Waals surface area contributed by atoms with Crippen molar-refractivity contribution >= 4 is 22.7 Å². The maximum atomic E-state index is 12.9. The van der Waals surface area contributed by atoms with E-state index < -0.39 is 0 Å². The lowest BCUT2D eigenvalue weighted by Crippen LogP contribution is -2.48. The topological polar surface area (TPSA) is 56.4 Å². The third-order valence-electron chi connectivity index (χ3n) is 5.30. The number of carbonyl (C=O) groups is 2. The van der Waals surface area contributed by atoms with Crippen molar-refractivity contribution in [1.82, 2.24) is 14.8 Å². The van der Waals surface area contributed by atoms with Gasteiger partial charge in [0.05, 0.1) is 0 Å². The van der Waals surface area contributed by atoms with Crippen LogP contribution in [0.5, 0.6) is 0 Å². The van der Waals surface area contributed by atoms with E-state index in [-0.39, 0.29) is 17.9 Å². The SMILES string of the molecule is O=C(C1CCC(=O)N1Cc1c[nH]c2ccccc12)N1CCCCC1. The number of benzene rings is 1. The zero-order valence-electron chi connectivity index (χ0n) is 13.8. The van der Waals surface area contributed by atoms with Crippen LogP contribution in [0.4, 0.5) is 0 Å². The van der Waals surface area contributed by atoms with E-state index in [0.717, 1.165) is 42.4 Å². The second kappa shape index (κ2) is 6.30. The first kappa shape index (κ1) is 15.2. The summed E-state index contributed by atoms with van der Waals surface area (Å²) in [5.41, 5.74) is 2.15. The number of aromatic amines is 1. The summed E-state index contributed by atoms with van der Waals surface area (Å²) < 4.78 is 0. The number of rotatable bonds is 3. The zero-order chi connectivity index (χ0) is 16.5. The number of amides is 2. The molecule has 2 aliphatic rings. The van der Waals surface area contributed by atoms with Crippen molar-refractivity contribution in [2.75, 3.05) is 13.1 Å². The minimum absolute atomic E-state index is 0.0932. The summed E-state index contributed by atoms with van der Waals surface area (Å²) in [4.78, 5) is 32.2. The van der Waals surface area contributed by atoms with Crippen molar-refractivity contribution in [1.29, 1.82) is 0 Å². The van der Waals surface area contributed by atoms with Crippen LogP contribution in [-0.2, 0) is 16.1 Å². The third kappa shape index (κ3) is 2.68. The van der Waals surface area contributed by atoms with Crippen LogP contribution in [0, 0.1) is 0 Å². The predicted molar refractivity (Wildman–Crippen MR) is 92.3 cm³/mol. The second-order valence-electron chi connectivity index (χ2n) is 6.82. The summed E-state index contributed by atoms with van der Waals surface area (Å²) in [5, 5.41) is 1.13. The van der Waals surface area contributed by atoms with E-state index in [1.807, 2.05) is 29.3 Å². The first-order chi connectivity index (χ1) is 11.7. The molecule has 0 bridgehead atoms. The Labute approximate surface area is 141 Å². The minimum atomic E-state index is -0.288. The smallest absolute Gasteiger partial charge is 0.245 e. The van der Waals surface area contributed by atoms with Gasteiger partial charge in [-0.15, -0.1) is 0 Å². The van der Waals surface area contributed by atoms with Gasteiger partial charge in [-0.1, -0.05) is 18.2 Å². The molecule has 3 heterocycles. The van der Waals surface area contributed by atoms with Crippen LogP contribution in [0.25, 0.3) is 10.9 Å². The first-order valence-corrected chi connectivity index (χ1v) is 8.87. The summed E-state index contributed by atoms with van der Waals surface area (Å²) in [6.07, 6.45) is 6.44. The van der Waals surface area contributed by atoms with Gasteiger partial charge in [-0.2, -0.15) is 0 Å². The first-order valence-electron chi connectivity index (χ1n) is 8.87. The number of carbonyl (C=O) groups excluding carboxylic acids is 2. The Morgan fingerprint density at radius 1 is 1.17 bits per heavy atom. The molecule has 1 atom stereocenters. The molecule has 5 nitrogen and oxygen atoms in total. The number of H-pyrrole nitrogens is 1. The molecule has 0 aliphatic carbocycles. The van der Waals surface area contributed by atoms with Gasteiger partial charge in [0.15, 0.2) is 0 Å². The average molecular weight is 325 g/mol. The summed E-state index contributed by atoms with van der Waals surface area (Å²) in [6.45, 7) is 2.18. The summed E-state index contributed by atoms with van der Waals surface area (Å²) in [5.74, 6) is 0.232. The number of para-hydroxylation sites is 1. The minimum Gasteiger partial charge on any atom is -0.361 e. The molecule has 1 unspecified atom stereocenters. The lowest BCUT2D eigenvalue weighted by Gasteiger charge is -2.32. The van der Waals surface area contributed by atoms with E-state index in [0.29, 0.717) is 19.4 Å². The van der Waals surface area contributed by atoms with Gasteiger partial charge in [-0.25, -0.2) is 0 Å². The van der Waals surface area contributed by atoms with Crippen LogP contribution in [0.3, 0.4) is 0 Å². The molecular weight excluding hydrogens is 302 g/mol. The van der Waals surface area contributed by atoms with Crippen LogP contribution in [0.2, 0.25) is 0 Å². The number of nitrogens with one attached hydrogen (secondary N) is 1. The highest BCUT2D eigenvalue weighted by Gasteiger charge is 2.38. The van der Waals surface area contributed by atoms with Crippen molar-refractivity contribution < 1.29 is 9.59 Å². The third-order valence-corrected chi connectivity index (χ3v) is 5.30. The van der Waals surface area contributed by atoms with E-state index in [9.17, 15) is 9.59 Å². The molecule has 1 N–H and O–H groups in total. The second-order valence-corrected chi connectivity index (χ2v) is 6.82. The van der Waals surface area contributed by atoms with Crippen LogP contribution in [-0.4, -0.2) is 45.7 Å². The molecule has 5 heteroatoms. The van der Waals surface area contributed by atoms with E-state index >= 15 is 0 Å². The zero-order valence-corrected chi connectivity index (χ0v) is 13.8. The highest BCUT2D eigenvalue weighted by atomic mass is 16.2. The van der Waals surface area contributed by atoms with Gasteiger partial charge in [0.1, 0.15) is 6.04 Å². The van der Waals surface area contributed by atoms with Crippen LogP contribution < -0.4 is 0 Å². The van der Waals surface area contributed by atoms with Crippen molar-refractivity contribution in [3.8, 4) is 0 Å². The van der Waals surface area contributed by atoms with Gasteiger partial charge in [0.25, 0.3) is 0 Å². The van der Waals surface area contributed by atoms with Crippen molar-refractivity contribution in [3.63, 3.8) is 0 Å². The largest absolute Gasteiger partial charge is 0.361 e. The Bertz CT molecular complexity index is 761. The van der Waals surface area contributed by atoms with Crippen LogP contribution in [0.1, 0.15) is 37.7 Å². The van der Waals surface area contributed by atoms with E-state index in [2.05, 4.69) is 11.1 Å². The highest BCUT2D eigenvalue weighted by molar-refractivity contribution is 5.91. The van der Waals surface area contributed by atoms with Gasteiger partial charge in [0.2, 0.25) is 11.8 Å². The maximum absolute atomic E-state index is 12.9. The molecule has 2 amide bonds. The number of piperidine rings is 1. The fraction of sp³-hybridized carbons (Fsp3) is 0.474. The lowest BCUT2D eigenvalue weighted by atomic mass is 10.1. The van der Waals surface area contributed by atoms with Gasteiger partial charge >= 0.3 is 0 Å². The predicted octanol–water partition coefficient (Wildman–Crippen LogP) is 2.67. The fourth-order valence-corrected chi connectivity index (χ4v) is 3.96. The molecule has 0 saturated carbocycles. The van der Waals surface area contributed by atoms with E-state index in [1.54, 1.807) is 4.90 Å². The van der Waals surface area contributed by atoms with Gasteiger partial charge < -0.3 is 14.8 Å². The quantitative estimate of drug-likeness (QED) is 0.943. The van der Waals surface area contributed by atoms with Gasteiger partial charge in [0, 0.05) is 43.2 Å². The summed E-state index contributed by atoms with van der Waals surface area (Å²) >= 11 is 0. The Balaban J connectivity index is 1.55. The molecule has 1 aromatic heterocycles. The molecule has 126 valence electrons. The number of likely N-dealkylation sites (tertiary alicyclic amines) is 2. The molecule has 4 rings (SSSR count). The van der Waals surface area contributed by atoms with Crippen molar-refractivity contribution in [2.24, 2.45) is 0 Å². The Kier molecular flexibility index (Phi) is 4.00. The number of aromatic nitrogens is 1. The molecular formula is C19H23N3O2. The molecule has 1 aromatic carbocycles. The van der Waals surface area contributed by atoms with E-state index in [4.69, 9.17) is 0 Å². The molecule has 24 heavy (non-hydrogen) atoms. The normalized spacial score (nSPS) is 21.7. The molecule has 0 spiro atoms. The number of nitrogens with zero attached hydrogens (tertiary/aromatic N) is 2. The van der Waals surface area contributed by atoms with Gasteiger partial charge in [-0.05, 0) is 37.3 Å². The van der Waals surface area contributed by atoms with Gasteiger partial charge in [-0.3, -0.25) is 9.59 Å². The Morgan fingerprint density at radius 2 is 1.96 bits per heavy atom. The molecule has 2 aromatic rings. The van der Waals surface area contributed by atoms with Crippen molar-refractivity contribution in [2.45, 2.75) is 44.7 Å². The van der Waals surface area contributed by atoms with Crippen LogP contribution in [0.15, 0.2) is 30.5 Å². The van der Waals surface area contributed by atoms with Crippen molar-refractivity contribution in [3.05, 3.63) is 36.0 Å². The van der Waals surface area contributed by atoms with Crippen LogP contribution >= 0.6 is 0 Å². The average Bonchev–Trinajstić information content (AvgIpc) is 3.20. The molecule has 2 aliphatic heterocycles. The fourth-order valence-electron chi connectivity index (χ4n) is 3.96. The molecule has 2 fully saturated rings. The highest BCUT2D eigenvalue weighted by Crippen LogP contribution is 2.27. The molecule has 0 radical (unpaired) electrons. The number of hydrogen-bond acceptors (Lipinski definition) is 2. The standard InChI is InChI=1S/C19H23N3O2/c23-18-9-8-17(19(24)21-10-4-1-5-11-21)22(18)13-14-12-20-16-7-3-2-6-15(14)16/h2-3,6-7,12,17,20H,1,4-5,8-11,13H2. The monoisotopic (exact) mass is 325 g/mol. The van der Waals surface area contributed by atoms with E-state index in [1.165, 1.54) is 6.42 Å². The Hall–Kier alpha value is -2.30. The number of hydrogen-bond donors (Lipinski definition) is 1. The summed E-state index contributed by atoms with van der Waals surface area (Å²) in [7, 11) is 0. The number of fused-ring (bicyclic) bond motifs is 1.